The summed E-state index contributed by atoms with van der Waals surface area (Å²) in [7, 11) is 0. The first-order chi connectivity index (χ1) is 10.3. The van der Waals surface area contributed by atoms with Crippen molar-refractivity contribution in [2.75, 3.05) is 13.2 Å². The van der Waals surface area contributed by atoms with Gasteiger partial charge in [-0.15, -0.1) is 0 Å². The van der Waals surface area contributed by atoms with Crippen molar-refractivity contribution in [2.45, 2.75) is 36.9 Å². The number of ketones is 2. The standard InChI is InChI=1S/C17H17NO3/c19-14-10-4-1-2-5-11(10)15(20)17(14)16-12(7-9-21-16)13-6-3-8-18(13)17/h1-2,4-5,12-13,16H,3,6-9H2. The van der Waals surface area contributed by atoms with E-state index in [0.29, 0.717) is 29.7 Å². The van der Waals surface area contributed by atoms with E-state index < -0.39 is 5.54 Å². The maximum atomic E-state index is 13.2. The Morgan fingerprint density at radius 1 is 1.10 bits per heavy atom. The van der Waals surface area contributed by atoms with E-state index in [9.17, 15) is 9.59 Å². The number of ether oxygens (including phenoxy) is 1. The normalized spacial score (nSPS) is 36.3. The first-order valence-electron chi connectivity index (χ1n) is 7.83. The number of carbonyl (C=O) groups is 2. The molecule has 5 rings (SSSR count). The van der Waals surface area contributed by atoms with Crippen LogP contribution in [0, 0.1) is 5.92 Å². The van der Waals surface area contributed by atoms with Crippen LogP contribution in [-0.2, 0) is 4.74 Å². The molecule has 3 unspecified atom stereocenters. The Kier molecular flexibility index (Phi) is 2.19. The third kappa shape index (κ3) is 1.17. The third-order valence-corrected chi connectivity index (χ3v) is 5.90. The van der Waals surface area contributed by atoms with Crippen LogP contribution in [0.4, 0.5) is 0 Å². The van der Waals surface area contributed by atoms with E-state index in [2.05, 4.69) is 4.90 Å². The van der Waals surface area contributed by atoms with Gasteiger partial charge in [0.2, 0.25) is 0 Å². The lowest BCUT2D eigenvalue weighted by Gasteiger charge is -2.34. The van der Waals surface area contributed by atoms with E-state index in [1.807, 2.05) is 12.1 Å². The number of hydrogen-bond donors (Lipinski definition) is 0. The molecule has 3 saturated heterocycles. The van der Waals surface area contributed by atoms with Gasteiger partial charge in [-0.3, -0.25) is 14.5 Å². The average molecular weight is 283 g/mol. The summed E-state index contributed by atoms with van der Waals surface area (Å²) in [4.78, 5) is 28.5. The van der Waals surface area contributed by atoms with Crippen LogP contribution in [0.1, 0.15) is 40.0 Å². The minimum Gasteiger partial charge on any atom is -0.375 e. The second kappa shape index (κ2) is 3.81. The van der Waals surface area contributed by atoms with Gasteiger partial charge in [0.25, 0.3) is 0 Å². The molecule has 0 bridgehead atoms. The molecule has 4 nitrogen and oxygen atoms in total. The number of benzene rings is 1. The van der Waals surface area contributed by atoms with Crippen LogP contribution in [0.15, 0.2) is 24.3 Å². The first-order valence-corrected chi connectivity index (χ1v) is 7.83. The van der Waals surface area contributed by atoms with Gasteiger partial charge in [0, 0.05) is 36.2 Å². The highest BCUT2D eigenvalue weighted by molar-refractivity contribution is 6.33. The van der Waals surface area contributed by atoms with Crippen LogP contribution in [0.2, 0.25) is 0 Å². The van der Waals surface area contributed by atoms with E-state index in [0.717, 1.165) is 25.8 Å². The number of nitrogens with zero attached hydrogens (tertiary/aromatic N) is 1. The fourth-order valence-electron chi connectivity index (χ4n) is 5.18. The van der Waals surface area contributed by atoms with Crippen molar-refractivity contribution in [3.63, 3.8) is 0 Å². The predicted octanol–water partition coefficient (Wildman–Crippen LogP) is 1.69. The van der Waals surface area contributed by atoms with Gasteiger partial charge in [-0.1, -0.05) is 24.3 Å². The molecule has 1 aliphatic carbocycles. The summed E-state index contributed by atoms with van der Waals surface area (Å²) in [5.41, 5.74) is 0.125. The van der Waals surface area contributed by atoms with Gasteiger partial charge in [-0.05, 0) is 19.3 Å². The van der Waals surface area contributed by atoms with E-state index in [4.69, 9.17) is 4.74 Å². The molecule has 3 atom stereocenters. The van der Waals surface area contributed by atoms with E-state index >= 15 is 0 Å². The fourth-order valence-corrected chi connectivity index (χ4v) is 5.18. The highest BCUT2D eigenvalue weighted by Gasteiger charge is 2.71. The summed E-state index contributed by atoms with van der Waals surface area (Å²) in [6.07, 6.45) is 2.90. The van der Waals surface area contributed by atoms with Crippen molar-refractivity contribution >= 4 is 11.6 Å². The van der Waals surface area contributed by atoms with Crippen LogP contribution in [-0.4, -0.2) is 47.3 Å². The lowest BCUT2D eigenvalue weighted by Crippen LogP contribution is -2.59. The van der Waals surface area contributed by atoms with Gasteiger partial charge < -0.3 is 4.74 Å². The van der Waals surface area contributed by atoms with Gasteiger partial charge in [-0.25, -0.2) is 0 Å². The zero-order valence-corrected chi connectivity index (χ0v) is 11.7. The number of rotatable bonds is 0. The molecular weight excluding hydrogens is 266 g/mol. The Bertz CT molecular complexity index is 611. The van der Waals surface area contributed by atoms with Gasteiger partial charge in [0.15, 0.2) is 17.1 Å². The SMILES string of the molecule is O=C1c2ccccc2C(=O)C12C1OCCC1C1CCCN12. The molecule has 0 radical (unpaired) electrons. The number of fused-ring (bicyclic) bond motifs is 6. The maximum absolute atomic E-state index is 13.2. The minimum atomic E-state index is -1.05. The molecule has 3 fully saturated rings. The molecule has 1 spiro atoms. The van der Waals surface area contributed by atoms with Crippen LogP contribution in [0.3, 0.4) is 0 Å². The fraction of sp³-hybridized carbons (Fsp3) is 0.529. The molecule has 108 valence electrons. The summed E-state index contributed by atoms with van der Waals surface area (Å²) < 4.78 is 5.94. The summed E-state index contributed by atoms with van der Waals surface area (Å²) in [5.74, 6) is 0.295. The summed E-state index contributed by atoms with van der Waals surface area (Å²) in [5, 5.41) is 0. The number of carbonyl (C=O) groups excluding carboxylic acids is 2. The Hall–Kier alpha value is -1.52. The van der Waals surface area contributed by atoms with Gasteiger partial charge in [0.1, 0.15) is 0 Å². The van der Waals surface area contributed by atoms with E-state index in [-0.39, 0.29) is 17.7 Å². The van der Waals surface area contributed by atoms with E-state index in [1.165, 1.54) is 0 Å². The summed E-state index contributed by atoms with van der Waals surface area (Å²) >= 11 is 0. The third-order valence-electron chi connectivity index (χ3n) is 5.90. The zero-order valence-electron chi connectivity index (χ0n) is 11.7. The van der Waals surface area contributed by atoms with Crippen molar-refractivity contribution in [3.8, 4) is 0 Å². The molecule has 4 aliphatic rings. The lowest BCUT2D eigenvalue weighted by atomic mass is 9.82. The molecule has 21 heavy (non-hydrogen) atoms. The van der Waals surface area contributed by atoms with Crippen LogP contribution >= 0.6 is 0 Å². The first kappa shape index (κ1) is 12.1. The molecule has 0 amide bonds. The summed E-state index contributed by atoms with van der Waals surface area (Å²) in [6.45, 7) is 1.52. The van der Waals surface area contributed by atoms with Crippen LogP contribution in [0.5, 0.6) is 0 Å². The van der Waals surface area contributed by atoms with Crippen LogP contribution in [0.25, 0.3) is 0 Å². The highest BCUT2D eigenvalue weighted by Crippen LogP contribution is 2.54. The Morgan fingerprint density at radius 3 is 2.52 bits per heavy atom. The Morgan fingerprint density at radius 2 is 1.81 bits per heavy atom. The van der Waals surface area contributed by atoms with Crippen molar-refractivity contribution in [1.29, 1.82) is 0 Å². The Labute approximate surface area is 123 Å². The largest absolute Gasteiger partial charge is 0.375 e. The van der Waals surface area contributed by atoms with Crippen molar-refractivity contribution in [3.05, 3.63) is 35.4 Å². The quantitative estimate of drug-likeness (QED) is 0.680. The lowest BCUT2D eigenvalue weighted by molar-refractivity contribution is 0.0102. The molecule has 0 saturated carbocycles. The van der Waals surface area contributed by atoms with Crippen molar-refractivity contribution < 1.29 is 14.3 Å². The zero-order chi connectivity index (χ0) is 14.2. The smallest absolute Gasteiger partial charge is 0.194 e. The molecule has 4 heteroatoms. The summed E-state index contributed by atoms with van der Waals surface area (Å²) in [6, 6.07) is 7.61. The second-order valence-corrected chi connectivity index (χ2v) is 6.62. The monoisotopic (exact) mass is 283 g/mol. The number of Topliss-reactive ketones (excluding diaryl/α,β-unsaturated/α-hetero) is 2. The van der Waals surface area contributed by atoms with E-state index in [1.54, 1.807) is 12.1 Å². The molecule has 0 N–H and O–H groups in total. The topological polar surface area (TPSA) is 46.6 Å². The average Bonchev–Trinajstić information content (AvgIpc) is 3.21. The molecule has 1 aromatic carbocycles. The van der Waals surface area contributed by atoms with Crippen molar-refractivity contribution in [1.82, 2.24) is 4.90 Å². The maximum Gasteiger partial charge on any atom is 0.194 e. The van der Waals surface area contributed by atoms with Gasteiger partial charge >= 0.3 is 0 Å². The molecule has 3 heterocycles. The predicted molar refractivity (Wildman–Crippen MR) is 75.4 cm³/mol. The molecular formula is C17H17NO3. The van der Waals surface area contributed by atoms with Crippen LogP contribution < -0.4 is 0 Å². The molecule has 3 aliphatic heterocycles. The second-order valence-electron chi connectivity index (χ2n) is 6.62. The van der Waals surface area contributed by atoms with Crippen molar-refractivity contribution in [2.24, 2.45) is 5.92 Å². The Balaban J connectivity index is 1.75. The van der Waals surface area contributed by atoms with Gasteiger partial charge in [-0.2, -0.15) is 0 Å². The minimum absolute atomic E-state index is 0.0237. The molecule has 0 aromatic heterocycles. The highest BCUT2D eigenvalue weighted by atomic mass is 16.5. The molecule has 1 aromatic rings. The number of hydrogen-bond acceptors (Lipinski definition) is 4. The van der Waals surface area contributed by atoms with Gasteiger partial charge in [0.05, 0.1) is 6.10 Å².